The second-order valence-corrected chi connectivity index (χ2v) is 6.76. The van der Waals surface area contributed by atoms with Crippen LogP contribution in [-0.4, -0.2) is 31.3 Å². The second kappa shape index (κ2) is 7.11. The van der Waals surface area contributed by atoms with Gasteiger partial charge in [-0.05, 0) is 38.5 Å². The van der Waals surface area contributed by atoms with Crippen molar-refractivity contribution in [2.45, 2.75) is 20.8 Å². The molecule has 0 aliphatic rings. The molecular formula is C21H20N6O. The summed E-state index contributed by atoms with van der Waals surface area (Å²) in [5.41, 5.74) is 5.74. The molecule has 0 aliphatic heterocycles. The molecule has 3 N–H and O–H groups in total. The highest BCUT2D eigenvalue weighted by Crippen LogP contribution is 2.24. The van der Waals surface area contributed by atoms with Gasteiger partial charge in [-0.3, -0.25) is 15.0 Å². The molecule has 0 bridgehead atoms. The van der Waals surface area contributed by atoms with Gasteiger partial charge < -0.3 is 5.32 Å². The molecule has 140 valence electrons. The van der Waals surface area contributed by atoms with Crippen molar-refractivity contribution in [3.8, 4) is 22.6 Å². The molecule has 0 saturated heterocycles. The highest BCUT2D eigenvalue weighted by Gasteiger charge is 2.14. The lowest BCUT2D eigenvalue weighted by atomic mass is 10.1. The Labute approximate surface area is 162 Å². The number of anilines is 1. The highest BCUT2D eigenvalue weighted by molar-refractivity contribution is 6.04. The first-order valence-electron chi connectivity index (χ1n) is 8.93. The maximum Gasteiger partial charge on any atom is 0.273 e. The van der Waals surface area contributed by atoms with Crippen LogP contribution in [0.25, 0.3) is 22.6 Å². The van der Waals surface area contributed by atoms with Crippen LogP contribution in [0, 0.1) is 20.8 Å². The Morgan fingerprint density at radius 2 is 1.64 bits per heavy atom. The first-order chi connectivity index (χ1) is 13.5. The lowest BCUT2D eigenvalue weighted by Crippen LogP contribution is -2.13. The van der Waals surface area contributed by atoms with Crippen LogP contribution in [0.2, 0.25) is 0 Å². The minimum Gasteiger partial charge on any atom is -0.320 e. The fourth-order valence-electron chi connectivity index (χ4n) is 2.87. The Kier molecular flexibility index (Phi) is 4.49. The average molecular weight is 372 g/mol. The average Bonchev–Trinajstić information content (AvgIpc) is 3.34. The van der Waals surface area contributed by atoms with Crippen molar-refractivity contribution in [2.24, 2.45) is 0 Å². The van der Waals surface area contributed by atoms with Crippen LogP contribution in [0.4, 0.5) is 5.69 Å². The van der Waals surface area contributed by atoms with Crippen molar-refractivity contribution in [1.29, 1.82) is 0 Å². The number of benzene rings is 2. The monoisotopic (exact) mass is 372 g/mol. The van der Waals surface area contributed by atoms with Crippen molar-refractivity contribution >= 4 is 11.6 Å². The minimum absolute atomic E-state index is 0.253. The first kappa shape index (κ1) is 17.7. The molecule has 2 heterocycles. The molecule has 0 spiro atoms. The van der Waals surface area contributed by atoms with Gasteiger partial charge in [0, 0.05) is 16.8 Å². The van der Waals surface area contributed by atoms with Gasteiger partial charge in [0.1, 0.15) is 11.5 Å². The quantitative estimate of drug-likeness (QED) is 0.503. The molecule has 2 aromatic heterocycles. The van der Waals surface area contributed by atoms with Gasteiger partial charge in [-0.1, -0.05) is 42.0 Å². The predicted octanol–water partition coefficient (Wildman–Crippen LogP) is 4.04. The molecule has 0 aliphatic carbocycles. The number of aromatic nitrogens is 5. The number of carbonyl (C=O) groups is 1. The number of aryl methyl sites for hydroxylation is 3. The molecule has 0 radical (unpaired) electrons. The molecule has 4 aromatic rings. The third-order valence-corrected chi connectivity index (χ3v) is 4.51. The van der Waals surface area contributed by atoms with Crippen molar-refractivity contribution < 1.29 is 4.79 Å². The molecule has 7 heteroatoms. The summed E-state index contributed by atoms with van der Waals surface area (Å²) in [5, 5.41) is 17.0. The first-order valence-corrected chi connectivity index (χ1v) is 8.93. The molecule has 2 aromatic carbocycles. The summed E-state index contributed by atoms with van der Waals surface area (Å²) in [7, 11) is 0. The van der Waals surface area contributed by atoms with Crippen LogP contribution >= 0.6 is 0 Å². The number of amides is 1. The predicted molar refractivity (Wildman–Crippen MR) is 108 cm³/mol. The van der Waals surface area contributed by atoms with Crippen molar-refractivity contribution in [2.75, 3.05) is 5.32 Å². The maximum absolute atomic E-state index is 12.7. The lowest BCUT2D eigenvalue weighted by Gasteiger charge is -2.08. The molecule has 7 nitrogen and oxygen atoms in total. The summed E-state index contributed by atoms with van der Waals surface area (Å²) in [6, 6.07) is 15.5. The maximum atomic E-state index is 12.7. The third kappa shape index (κ3) is 3.55. The molecule has 0 unspecified atom stereocenters. The van der Waals surface area contributed by atoms with Crippen LogP contribution in [0.5, 0.6) is 0 Å². The van der Waals surface area contributed by atoms with E-state index in [0.717, 1.165) is 28.2 Å². The minimum atomic E-state index is -0.253. The van der Waals surface area contributed by atoms with Crippen LogP contribution < -0.4 is 5.32 Å². The number of rotatable bonds is 4. The summed E-state index contributed by atoms with van der Waals surface area (Å²) in [4.78, 5) is 17.0. The number of hydrogen-bond donors (Lipinski definition) is 3. The molecule has 28 heavy (non-hydrogen) atoms. The Morgan fingerprint density at radius 1 is 0.893 bits per heavy atom. The van der Waals surface area contributed by atoms with Gasteiger partial charge >= 0.3 is 0 Å². The second-order valence-electron chi connectivity index (χ2n) is 6.76. The smallest absolute Gasteiger partial charge is 0.273 e. The van der Waals surface area contributed by atoms with Crippen LogP contribution in [0.15, 0.2) is 48.5 Å². The molecule has 0 atom stereocenters. The number of nitrogens with one attached hydrogen (secondary N) is 3. The van der Waals surface area contributed by atoms with E-state index in [2.05, 4.69) is 30.7 Å². The Morgan fingerprint density at radius 3 is 2.36 bits per heavy atom. The van der Waals surface area contributed by atoms with Crippen molar-refractivity contribution in [1.82, 2.24) is 25.4 Å². The van der Waals surface area contributed by atoms with Gasteiger partial charge in [0.15, 0.2) is 5.82 Å². The summed E-state index contributed by atoms with van der Waals surface area (Å²) in [6.45, 7) is 5.81. The zero-order valence-electron chi connectivity index (χ0n) is 15.9. The van der Waals surface area contributed by atoms with Gasteiger partial charge in [-0.15, -0.1) is 0 Å². The van der Waals surface area contributed by atoms with E-state index in [4.69, 9.17) is 0 Å². The molecular weight excluding hydrogens is 352 g/mol. The van der Waals surface area contributed by atoms with E-state index in [1.165, 1.54) is 5.56 Å². The number of nitrogens with zero attached hydrogens (tertiary/aromatic N) is 3. The Balaban J connectivity index is 1.56. The highest BCUT2D eigenvalue weighted by atomic mass is 16.1. The fraction of sp³-hybridized carbons (Fsp3) is 0.143. The zero-order valence-corrected chi connectivity index (χ0v) is 15.9. The standard InChI is InChI=1S/C21H20N6O/c1-12-4-7-15(8-5-12)18-11-19(26-25-18)21(28)23-17-10-16(9-6-13(17)2)20-22-14(3)24-27-20/h4-11H,1-3H3,(H,23,28)(H,25,26)(H,22,24,27). The van der Waals surface area contributed by atoms with Gasteiger partial charge in [-0.25, -0.2) is 4.98 Å². The number of aromatic amines is 2. The van der Waals surface area contributed by atoms with E-state index in [0.29, 0.717) is 17.2 Å². The van der Waals surface area contributed by atoms with Crippen LogP contribution in [0.3, 0.4) is 0 Å². The number of hydrogen-bond acceptors (Lipinski definition) is 4. The summed E-state index contributed by atoms with van der Waals surface area (Å²) in [5.74, 6) is 1.08. The summed E-state index contributed by atoms with van der Waals surface area (Å²) in [6.07, 6.45) is 0. The zero-order chi connectivity index (χ0) is 19.7. The Bertz CT molecular complexity index is 1140. The van der Waals surface area contributed by atoms with Crippen molar-refractivity contribution in [3.63, 3.8) is 0 Å². The molecule has 0 saturated carbocycles. The normalized spacial score (nSPS) is 10.8. The third-order valence-electron chi connectivity index (χ3n) is 4.51. The largest absolute Gasteiger partial charge is 0.320 e. The summed E-state index contributed by atoms with van der Waals surface area (Å²) < 4.78 is 0. The molecule has 0 fully saturated rings. The van der Waals surface area contributed by atoms with Gasteiger partial charge in [0.2, 0.25) is 0 Å². The fourth-order valence-corrected chi connectivity index (χ4v) is 2.87. The Hall–Kier alpha value is -3.74. The van der Waals surface area contributed by atoms with Gasteiger partial charge in [-0.2, -0.15) is 10.2 Å². The molecule has 4 rings (SSSR count). The SMILES string of the molecule is Cc1ccc(-c2cc(C(=O)Nc3cc(-c4n[nH]c(C)n4)ccc3C)[nH]n2)cc1. The number of H-pyrrole nitrogens is 2. The lowest BCUT2D eigenvalue weighted by molar-refractivity contribution is 0.102. The van der Waals surface area contributed by atoms with Gasteiger partial charge in [0.25, 0.3) is 5.91 Å². The van der Waals surface area contributed by atoms with Crippen LogP contribution in [0.1, 0.15) is 27.4 Å². The van der Waals surface area contributed by atoms with E-state index < -0.39 is 0 Å². The van der Waals surface area contributed by atoms with E-state index in [-0.39, 0.29) is 5.91 Å². The number of carbonyl (C=O) groups excluding carboxylic acids is 1. The van der Waals surface area contributed by atoms with E-state index in [9.17, 15) is 4.79 Å². The summed E-state index contributed by atoms with van der Waals surface area (Å²) >= 11 is 0. The van der Waals surface area contributed by atoms with E-state index in [1.54, 1.807) is 6.07 Å². The van der Waals surface area contributed by atoms with Gasteiger partial charge in [0.05, 0.1) is 5.69 Å². The van der Waals surface area contributed by atoms with E-state index >= 15 is 0 Å². The topological polar surface area (TPSA) is 99.4 Å². The van der Waals surface area contributed by atoms with Crippen LogP contribution in [-0.2, 0) is 0 Å². The van der Waals surface area contributed by atoms with Crippen molar-refractivity contribution in [3.05, 3.63) is 71.2 Å². The molecule has 1 amide bonds. The van der Waals surface area contributed by atoms with E-state index in [1.807, 2.05) is 63.2 Å².